The van der Waals surface area contributed by atoms with E-state index < -0.39 is 0 Å². The lowest BCUT2D eigenvalue weighted by Gasteiger charge is -2.08. The summed E-state index contributed by atoms with van der Waals surface area (Å²) in [5.74, 6) is 0.199. The van der Waals surface area contributed by atoms with Crippen molar-refractivity contribution in [3.63, 3.8) is 0 Å². The minimum atomic E-state index is 0.0252. The van der Waals surface area contributed by atoms with Crippen molar-refractivity contribution >= 4 is 5.65 Å². The molecule has 0 aromatic carbocycles. The standard InChI is InChI=1S/C12H17N3O/c1-5-9-6-13-15-11(9)14-8(4)10(7(2)3)12(15)16/h6-7,13H,5H2,1-4H3. The van der Waals surface area contributed by atoms with E-state index in [0.717, 1.165) is 28.9 Å². The fourth-order valence-corrected chi connectivity index (χ4v) is 2.11. The molecule has 0 atom stereocenters. The first-order valence-corrected chi connectivity index (χ1v) is 5.65. The molecule has 0 aliphatic carbocycles. The van der Waals surface area contributed by atoms with Gasteiger partial charge in [-0.3, -0.25) is 9.89 Å². The van der Waals surface area contributed by atoms with Gasteiger partial charge in [0.2, 0.25) is 0 Å². The highest BCUT2D eigenvalue weighted by Gasteiger charge is 2.15. The van der Waals surface area contributed by atoms with Gasteiger partial charge < -0.3 is 0 Å². The van der Waals surface area contributed by atoms with Crippen molar-refractivity contribution < 1.29 is 0 Å². The number of aromatic nitrogens is 3. The molecule has 0 amide bonds. The molecule has 2 rings (SSSR count). The van der Waals surface area contributed by atoms with Crippen molar-refractivity contribution in [3.8, 4) is 0 Å². The van der Waals surface area contributed by atoms with Crippen LogP contribution >= 0.6 is 0 Å². The molecule has 0 saturated carbocycles. The molecule has 0 saturated heterocycles. The molecule has 1 N–H and O–H groups in total. The maximum atomic E-state index is 12.2. The van der Waals surface area contributed by atoms with Crippen LogP contribution < -0.4 is 5.56 Å². The van der Waals surface area contributed by atoms with Crippen LogP contribution in [-0.2, 0) is 6.42 Å². The summed E-state index contributed by atoms with van der Waals surface area (Å²) in [4.78, 5) is 16.7. The van der Waals surface area contributed by atoms with Gasteiger partial charge in [0.15, 0.2) is 5.65 Å². The van der Waals surface area contributed by atoms with Gasteiger partial charge in [-0.25, -0.2) is 9.50 Å². The highest BCUT2D eigenvalue weighted by atomic mass is 16.1. The minimum Gasteiger partial charge on any atom is -0.297 e. The summed E-state index contributed by atoms with van der Waals surface area (Å²) in [6.45, 7) is 7.99. The van der Waals surface area contributed by atoms with Crippen LogP contribution in [0.2, 0.25) is 0 Å². The van der Waals surface area contributed by atoms with E-state index in [1.165, 1.54) is 0 Å². The first-order valence-electron chi connectivity index (χ1n) is 5.65. The molecule has 2 aromatic heterocycles. The van der Waals surface area contributed by atoms with Crippen molar-refractivity contribution in [2.24, 2.45) is 0 Å². The Morgan fingerprint density at radius 1 is 1.50 bits per heavy atom. The van der Waals surface area contributed by atoms with Crippen LogP contribution in [0, 0.1) is 6.92 Å². The average molecular weight is 219 g/mol. The van der Waals surface area contributed by atoms with Crippen LogP contribution in [-0.4, -0.2) is 14.6 Å². The summed E-state index contributed by atoms with van der Waals surface area (Å²) in [5, 5.41) is 2.97. The maximum Gasteiger partial charge on any atom is 0.276 e. The zero-order chi connectivity index (χ0) is 11.9. The molecular weight excluding hydrogens is 202 g/mol. The quantitative estimate of drug-likeness (QED) is 0.840. The lowest BCUT2D eigenvalue weighted by molar-refractivity contribution is 0.779. The number of H-pyrrole nitrogens is 1. The van der Waals surface area contributed by atoms with Gasteiger partial charge in [-0.15, -0.1) is 0 Å². The highest BCUT2D eigenvalue weighted by Crippen LogP contribution is 2.15. The Hall–Kier alpha value is -1.58. The number of hydrogen-bond donors (Lipinski definition) is 1. The largest absolute Gasteiger partial charge is 0.297 e. The van der Waals surface area contributed by atoms with Gasteiger partial charge in [0.1, 0.15) is 0 Å². The van der Waals surface area contributed by atoms with Crippen LogP contribution in [0.4, 0.5) is 0 Å². The molecule has 4 heteroatoms. The smallest absolute Gasteiger partial charge is 0.276 e. The van der Waals surface area contributed by atoms with E-state index >= 15 is 0 Å². The van der Waals surface area contributed by atoms with E-state index in [2.05, 4.69) is 17.0 Å². The molecule has 0 radical (unpaired) electrons. The van der Waals surface area contributed by atoms with Crippen LogP contribution in [0.3, 0.4) is 0 Å². The van der Waals surface area contributed by atoms with Gasteiger partial charge >= 0.3 is 0 Å². The third-order valence-corrected chi connectivity index (χ3v) is 2.92. The first kappa shape index (κ1) is 10.9. The second kappa shape index (κ2) is 3.77. The number of aromatic amines is 1. The molecule has 86 valence electrons. The van der Waals surface area contributed by atoms with Crippen LogP contribution in [0.15, 0.2) is 11.0 Å². The third kappa shape index (κ3) is 1.45. The van der Waals surface area contributed by atoms with Crippen molar-refractivity contribution in [2.75, 3.05) is 0 Å². The zero-order valence-electron chi connectivity index (χ0n) is 10.2. The summed E-state index contributed by atoms with van der Waals surface area (Å²) < 4.78 is 1.54. The van der Waals surface area contributed by atoms with Crippen molar-refractivity contribution in [2.45, 2.75) is 40.0 Å². The van der Waals surface area contributed by atoms with Gasteiger partial charge in [0.25, 0.3) is 5.56 Å². The van der Waals surface area contributed by atoms with Gasteiger partial charge in [0, 0.05) is 23.0 Å². The molecule has 2 aromatic rings. The number of rotatable bonds is 2. The SMILES string of the molecule is CCc1c[nH]n2c(=O)c(C(C)C)c(C)nc12. The second-order valence-corrected chi connectivity index (χ2v) is 4.38. The van der Waals surface area contributed by atoms with Gasteiger partial charge in [-0.2, -0.15) is 0 Å². The third-order valence-electron chi connectivity index (χ3n) is 2.92. The lowest BCUT2D eigenvalue weighted by Crippen LogP contribution is -2.22. The Labute approximate surface area is 94.3 Å². The average Bonchev–Trinajstić information content (AvgIpc) is 2.60. The maximum absolute atomic E-state index is 12.2. The van der Waals surface area contributed by atoms with E-state index in [4.69, 9.17) is 0 Å². The zero-order valence-corrected chi connectivity index (χ0v) is 10.2. The molecule has 0 aliphatic heterocycles. The lowest BCUT2D eigenvalue weighted by atomic mass is 10.0. The van der Waals surface area contributed by atoms with E-state index in [1.807, 2.05) is 27.0 Å². The number of aryl methyl sites for hydroxylation is 2. The monoisotopic (exact) mass is 219 g/mol. The Kier molecular flexibility index (Phi) is 2.58. The molecule has 0 bridgehead atoms. The summed E-state index contributed by atoms with van der Waals surface area (Å²) in [6.07, 6.45) is 2.73. The van der Waals surface area contributed by atoms with Crippen molar-refractivity contribution in [1.82, 2.24) is 14.6 Å². The molecular formula is C12H17N3O. The fraction of sp³-hybridized carbons (Fsp3) is 0.500. The Balaban J connectivity index is 2.85. The minimum absolute atomic E-state index is 0.0252. The number of nitrogens with one attached hydrogen (secondary N) is 1. The van der Waals surface area contributed by atoms with Crippen molar-refractivity contribution in [1.29, 1.82) is 0 Å². The highest BCUT2D eigenvalue weighted by molar-refractivity contribution is 5.48. The summed E-state index contributed by atoms with van der Waals surface area (Å²) >= 11 is 0. The Bertz CT molecular complexity index is 578. The molecule has 0 spiro atoms. The normalized spacial score (nSPS) is 11.6. The molecule has 16 heavy (non-hydrogen) atoms. The molecule has 2 heterocycles. The van der Waals surface area contributed by atoms with Crippen LogP contribution in [0.25, 0.3) is 5.65 Å². The first-order chi connectivity index (χ1) is 7.56. The van der Waals surface area contributed by atoms with Gasteiger partial charge in [-0.05, 0) is 19.3 Å². The number of fused-ring (bicyclic) bond motifs is 1. The Morgan fingerprint density at radius 2 is 2.19 bits per heavy atom. The van der Waals surface area contributed by atoms with Gasteiger partial charge in [0.05, 0.1) is 0 Å². The fourth-order valence-electron chi connectivity index (χ4n) is 2.11. The van der Waals surface area contributed by atoms with Gasteiger partial charge in [-0.1, -0.05) is 20.8 Å². The van der Waals surface area contributed by atoms with Crippen LogP contribution in [0.5, 0.6) is 0 Å². The van der Waals surface area contributed by atoms with Crippen LogP contribution in [0.1, 0.15) is 43.5 Å². The van der Waals surface area contributed by atoms with Crippen molar-refractivity contribution in [3.05, 3.63) is 33.4 Å². The predicted molar refractivity (Wildman–Crippen MR) is 64.0 cm³/mol. The summed E-state index contributed by atoms with van der Waals surface area (Å²) in [7, 11) is 0. The number of nitrogens with zero attached hydrogens (tertiary/aromatic N) is 2. The molecule has 0 aliphatic rings. The topological polar surface area (TPSA) is 50.2 Å². The second-order valence-electron chi connectivity index (χ2n) is 4.38. The molecule has 0 fully saturated rings. The summed E-state index contributed by atoms with van der Waals surface area (Å²) in [5.41, 5.74) is 3.50. The Morgan fingerprint density at radius 3 is 2.75 bits per heavy atom. The molecule has 0 unspecified atom stereocenters. The van der Waals surface area contributed by atoms with E-state index in [9.17, 15) is 4.79 Å². The summed E-state index contributed by atoms with van der Waals surface area (Å²) in [6, 6.07) is 0. The van der Waals surface area contributed by atoms with E-state index in [1.54, 1.807) is 4.52 Å². The van der Waals surface area contributed by atoms with E-state index in [0.29, 0.717) is 0 Å². The van der Waals surface area contributed by atoms with E-state index in [-0.39, 0.29) is 11.5 Å². The number of hydrogen-bond acceptors (Lipinski definition) is 2. The predicted octanol–water partition coefficient (Wildman–Crippen LogP) is 2.02. The molecule has 4 nitrogen and oxygen atoms in total.